The Morgan fingerprint density at radius 1 is 0.903 bits per heavy atom. The average molecular weight is 412 g/mol. The van der Waals surface area contributed by atoms with Gasteiger partial charge >= 0.3 is 0 Å². The topological polar surface area (TPSA) is 118 Å². The molecule has 0 saturated carbocycles. The minimum absolute atomic E-state index is 0.150. The van der Waals surface area contributed by atoms with Crippen molar-refractivity contribution in [3.05, 3.63) is 66.8 Å². The van der Waals surface area contributed by atoms with Gasteiger partial charge in [0, 0.05) is 10.9 Å². The van der Waals surface area contributed by atoms with E-state index in [1.165, 1.54) is 6.33 Å². The number of fused-ring (bicyclic) bond motifs is 1. The largest absolute Gasteiger partial charge is 0.358 e. The van der Waals surface area contributed by atoms with Crippen molar-refractivity contribution in [2.75, 3.05) is 5.32 Å². The summed E-state index contributed by atoms with van der Waals surface area (Å²) in [5.41, 5.74) is 1.80. The number of nitrogens with one attached hydrogen (secondary N) is 2. The van der Waals surface area contributed by atoms with Gasteiger partial charge in [-0.15, -0.1) is 0 Å². The fourth-order valence-electron chi connectivity index (χ4n) is 3.33. The van der Waals surface area contributed by atoms with Gasteiger partial charge in [-0.3, -0.25) is 5.10 Å². The molecule has 1 unspecified atom stereocenters. The zero-order valence-electron chi connectivity index (χ0n) is 17.0. The van der Waals surface area contributed by atoms with Crippen LogP contribution in [0.4, 0.5) is 5.82 Å². The summed E-state index contributed by atoms with van der Waals surface area (Å²) < 4.78 is 5.56. The minimum Gasteiger partial charge on any atom is -0.358 e. The number of aromatic nitrogens is 7. The first-order valence-electron chi connectivity index (χ1n) is 9.97. The minimum atomic E-state index is -0.258. The second-order valence-electron chi connectivity index (χ2n) is 7.44. The lowest BCUT2D eigenvalue weighted by Gasteiger charge is -2.20. The van der Waals surface area contributed by atoms with E-state index in [1.807, 2.05) is 54.6 Å². The van der Waals surface area contributed by atoms with Gasteiger partial charge in [-0.25, -0.2) is 15.0 Å². The molecule has 0 bridgehead atoms. The molecule has 0 aliphatic heterocycles. The summed E-state index contributed by atoms with van der Waals surface area (Å²) in [5, 5.41) is 15.1. The Kier molecular flexibility index (Phi) is 4.83. The van der Waals surface area contributed by atoms with Crippen molar-refractivity contribution in [2.24, 2.45) is 5.92 Å². The zero-order valence-corrected chi connectivity index (χ0v) is 17.0. The van der Waals surface area contributed by atoms with Crippen LogP contribution in [0.5, 0.6) is 0 Å². The summed E-state index contributed by atoms with van der Waals surface area (Å²) >= 11 is 0. The van der Waals surface area contributed by atoms with Gasteiger partial charge in [-0.2, -0.15) is 10.1 Å². The number of hydrogen-bond acceptors (Lipinski definition) is 8. The molecule has 1 atom stereocenters. The van der Waals surface area contributed by atoms with Crippen LogP contribution in [0.3, 0.4) is 0 Å². The molecule has 0 aliphatic rings. The molecule has 2 N–H and O–H groups in total. The molecular formula is C22H20N8O. The molecular weight excluding hydrogens is 392 g/mol. The maximum Gasteiger partial charge on any atom is 0.249 e. The highest BCUT2D eigenvalue weighted by molar-refractivity contribution is 5.90. The normalized spacial score (nSPS) is 12.4. The van der Waals surface area contributed by atoms with Gasteiger partial charge in [0.25, 0.3) is 0 Å². The van der Waals surface area contributed by atoms with Crippen LogP contribution in [0.25, 0.3) is 33.9 Å². The second-order valence-corrected chi connectivity index (χ2v) is 7.44. The molecule has 0 fully saturated rings. The van der Waals surface area contributed by atoms with Gasteiger partial charge in [0.1, 0.15) is 18.2 Å². The van der Waals surface area contributed by atoms with E-state index in [0.29, 0.717) is 29.2 Å². The van der Waals surface area contributed by atoms with Gasteiger partial charge in [-0.05, 0) is 18.1 Å². The molecule has 154 valence electrons. The van der Waals surface area contributed by atoms with Crippen molar-refractivity contribution >= 4 is 16.7 Å². The number of aromatic amines is 1. The maximum atomic E-state index is 5.56. The summed E-state index contributed by atoms with van der Waals surface area (Å²) in [4.78, 5) is 18.2. The van der Waals surface area contributed by atoms with Crippen molar-refractivity contribution in [1.82, 2.24) is 35.3 Å². The van der Waals surface area contributed by atoms with Crippen molar-refractivity contribution < 1.29 is 4.52 Å². The smallest absolute Gasteiger partial charge is 0.249 e. The van der Waals surface area contributed by atoms with Crippen LogP contribution in [-0.2, 0) is 0 Å². The third-order valence-electron chi connectivity index (χ3n) is 4.93. The molecule has 0 radical (unpaired) electrons. The van der Waals surface area contributed by atoms with E-state index in [0.717, 1.165) is 16.5 Å². The molecule has 5 aromatic rings. The molecule has 3 heterocycles. The van der Waals surface area contributed by atoms with Crippen molar-refractivity contribution in [3.63, 3.8) is 0 Å². The van der Waals surface area contributed by atoms with E-state index >= 15 is 0 Å². The maximum absolute atomic E-state index is 5.56. The summed E-state index contributed by atoms with van der Waals surface area (Å²) in [7, 11) is 0. The van der Waals surface area contributed by atoms with Crippen LogP contribution in [0.1, 0.15) is 25.8 Å². The monoisotopic (exact) mass is 412 g/mol. The predicted octanol–water partition coefficient (Wildman–Crippen LogP) is 4.27. The van der Waals surface area contributed by atoms with Gasteiger partial charge in [0.05, 0.1) is 5.52 Å². The third kappa shape index (κ3) is 3.73. The van der Waals surface area contributed by atoms with Crippen molar-refractivity contribution in [3.8, 4) is 23.0 Å². The van der Waals surface area contributed by atoms with Crippen LogP contribution in [0, 0.1) is 5.92 Å². The van der Waals surface area contributed by atoms with E-state index < -0.39 is 0 Å². The average Bonchev–Trinajstić information content (AvgIpc) is 3.49. The molecule has 0 amide bonds. The lowest BCUT2D eigenvalue weighted by molar-refractivity contribution is 0.335. The van der Waals surface area contributed by atoms with E-state index in [4.69, 9.17) is 14.5 Å². The summed E-state index contributed by atoms with van der Waals surface area (Å²) in [6, 6.07) is 17.6. The molecule has 0 saturated heterocycles. The third-order valence-corrected chi connectivity index (χ3v) is 4.93. The fraction of sp³-hybridized carbons (Fsp3) is 0.182. The first-order valence-corrected chi connectivity index (χ1v) is 9.97. The number of benzene rings is 2. The summed E-state index contributed by atoms with van der Waals surface area (Å²) in [6.45, 7) is 4.16. The quantitative estimate of drug-likeness (QED) is 0.424. The molecule has 3 aromatic heterocycles. The van der Waals surface area contributed by atoms with Crippen LogP contribution >= 0.6 is 0 Å². The number of hydrogen-bond donors (Lipinski definition) is 2. The Morgan fingerprint density at radius 2 is 1.71 bits per heavy atom. The Balaban J connectivity index is 1.56. The van der Waals surface area contributed by atoms with E-state index in [9.17, 15) is 0 Å². The van der Waals surface area contributed by atoms with Crippen LogP contribution in [0.15, 0.2) is 65.4 Å². The van der Waals surface area contributed by atoms with Crippen molar-refractivity contribution in [1.29, 1.82) is 0 Å². The second kappa shape index (κ2) is 7.94. The lowest BCUT2D eigenvalue weighted by Crippen LogP contribution is -2.18. The molecule has 2 aromatic carbocycles. The lowest BCUT2D eigenvalue weighted by atomic mass is 10.0. The summed E-state index contributed by atoms with van der Waals surface area (Å²) in [6.07, 6.45) is 1.40. The van der Waals surface area contributed by atoms with Crippen LogP contribution < -0.4 is 5.32 Å². The number of anilines is 1. The highest BCUT2D eigenvalue weighted by Gasteiger charge is 2.25. The fourth-order valence-corrected chi connectivity index (χ4v) is 3.33. The standard InChI is InChI=1S/C22H20N8O/c1-13(2)17(22-28-21(30-31-22)20-23-12-24-29-20)26-19-15-10-6-7-11-16(15)25-18(27-19)14-8-4-3-5-9-14/h3-13,17H,1-2H3,(H,23,24,29)(H,25,26,27). The number of nitrogens with zero attached hydrogens (tertiary/aromatic N) is 6. The first-order chi connectivity index (χ1) is 15.2. The Labute approximate surface area is 178 Å². The highest BCUT2D eigenvalue weighted by Crippen LogP contribution is 2.31. The molecule has 9 heteroatoms. The molecule has 5 rings (SSSR count). The Morgan fingerprint density at radius 3 is 2.48 bits per heavy atom. The first kappa shape index (κ1) is 18.9. The zero-order chi connectivity index (χ0) is 21.2. The van der Waals surface area contributed by atoms with Gasteiger partial charge in [0.15, 0.2) is 11.6 Å². The Bertz CT molecular complexity index is 1300. The number of rotatable bonds is 6. The van der Waals surface area contributed by atoms with Crippen molar-refractivity contribution in [2.45, 2.75) is 19.9 Å². The number of para-hydroxylation sites is 1. The number of H-pyrrole nitrogens is 1. The molecule has 31 heavy (non-hydrogen) atoms. The molecule has 9 nitrogen and oxygen atoms in total. The highest BCUT2D eigenvalue weighted by atomic mass is 16.5. The van der Waals surface area contributed by atoms with Gasteiger partial charge < -0.3 is 9.84 Å². The SMILES string of the molecule is CC(C)C(Nc1nc(-c2ccccc2)nc2ccccc12)c1nc(-c2ncn[nH]2)no1. The van der Waals surface area contributed by atoms with Crippen LogP contribution in [-0.4, -0.2) is 35.3 Å². The van der Waals surface area contributed by atoms with Gasteiger partial charge in [0.2, 0.25) is 11.7 Å². The van der Waals surface area contributed by atoms with Gasteiger partial charge in [-0.1, -0.05) is 61.5 Å². The molecule has 0 spiro atoms. The van der Waals surface area contributed by atoms with E-state index in [1.54, 1.807) is 0 Å². The predicted molar refractivity (Wildman–Crippen MR) is 116 cm³/mol. The van der Waals surface area contributed by atoms with Crippen LogP contribution in [0.2, 0.25) is 0 Å². The Hall–Kier alpha value is -4.14. The molecule has 0 aliphatic carbocycles. The van der Waals surface area contributed by atoms with E-state index in [2.05, 4.69) is 44.5 Å². The summed E-state index contributed by atoms with van der Waals surface area (Å²) in [5.74, 6) is 2.77. The van der Waals surface area contributed by atoms with E-state index in [-0.39, 0.29) is 12.0 Å².